The fourth-order valence-electron chi connectivity index (χ4n) is 8.43. The second-order valence-corrected chi connectivity index (χ2v) is 19.0. The van der Waals surface area contributed by atoms with Crippen molar-refractivity contribution in [2.45, 2.75) is 302 Å². The van der Waals surface area contributed by atoms with E-state index in [1.807, 2.05) is 0 Å². The van der Waals surface area contributed by atoms with Crippen LogP contribution in [0.4, 0.5) is 0 Å². The van der Waals surface area contributed by atoms with Gasteiger partial charge < -0.3 is 14.6 Å². The van der Waals surface area contributed by atoms with Gasteiger partial charge in [0.25, 0.3) is 0 Å². The second-order valence-electron chi connectivity index (χ2n) is 19.0. The molecule has 0 aromatic heterocycles. The van der Waals surface area contributed by atoms with Crippen molar-refractivity contribution >= 4 is 11.9 Å². The molecule has 374 valence electrons. The Morgan fingerprint density at radius 2 is 0.672 bits per heavy atom. The van der Waals surface area contributed by atoms with E-state index in [2.05, 4.69) is 62.5 Å². The molecule has 0 aliphatic carbocycles. The Morgan fingerprint density at radius 1 is 0.375 bits per heavy atom. The zero-order valence-electron chi connectivity index (χ0n) is 42.8. The van der Waals surface area contributed by atoms with E-state index < -0.39 is 6.10 Å². The number of aliphatic hydroxyl groups is 1. The van der Waals surface area contributed by atoms with E-state index in [0.717, 1.165) is 77.0 Å². The highest BCUT2D eigenvalue weighted by Crippen LogP contribution is 2.18. The minimum Gasteiger partial charge on any atom is -0.462 e. The van der Waals surface area contributed by atoms with E-state index in [4.69, 9.17) is 9.47 Å². The molecule has 0 saturated carbocycles. The lowest BCUT2D eigenvalue weighted by Crippen LogP contribution is -2.28. The van der Waals surface area contributed by atoms with Crippen LogP contribution in [0.15, 0.2) is 48.6 Å². The molecule has 5 heteroatoms. The molecule has 0 rings (SSSR count). The Hall–Kier alpha value is -2.14. The molecule has 1 atom stereocenters. The molecule has 5 nitrogen and oxygen atoms in total. The maximum atomic E-state index is 12.2. The van der Waals surface area contributed by atoms with Crippen molar-refractivity contribution in [2.24, 2.45) is 0 Å². The van der Waals surface area contributed by atoms with E-state index in [1.165, 1.54) is 193 Å². The number of hydrogen-bond acceptors (Lipinski definition) is 5. The van der Waals surface area contributed by atoms with Gasteiger partial charge in [-0.05, 0) is 51.4 Å². The summed E-state index contributed by atoms with van der Waals surface area (Å²) in [5.74, 6) is -0.607. The van der Waals surface area contributed by atoms with Crippen LogP contribution in [0.2, 0.25) is 0 Å². The molecule has 0 amide bonds. The van der Waals surface area contributed by atoms with Gasteiger partial charge in [-0.1, -0.05) is 281 Å². The third-order valence-electron chi connectivity index (χ3n) is 12.6. The lowest BCUT2D eigenvalue weighted by molar-refractivity contribution is -0.161. The minimum absolute atomic E-state index is 0.0738. The van der Waals surface area contributed by atoms with Crippen molar-refractivity contribution in [1.82, 2.24) is 0 Å². The van der Waals surface area contributed by atoms with Gasteiger partial charge in [0, 0.05) is 12.8 Å². The standard InChI is InChI=1S/C59H108O5/c1-3-5-7-9-11-13-15-17-19-21-22-23-24-25-26-27-28-29-30-31-32-33-34-35-36-38-39-41-43-45-47-49-51-53-58(61)63-56-57(55-60)64-59(62)54-52-50-48-46-44-42-40-37-20-18-16-14-12-10-8-6-4-2/h6,8,12,14,18,20,40,42,57,60H,3-5,7,9-11,13,15-17,19,21-39,41,43-56H2,1-2H3/b8-6-,14-12-,20-18-,42-40-. The Balaban J connectivity index is 3.41. The van der Waals surface area contributed by atoms with Crippen molar-refractivity contribution in [1.29, 1.82) is 0 Å². The van der Waals surface area contributed by atoms with Crippen LogP contribution in [-0.4, -0.2) is 36.4 Å². The third-order valence-corrected chi connectivity index (χ3v) is 12.6. The average Bonchev–Trinajstić information content (AvgIpc) is 3.30. The maximum Gasteiger partial charge on any atom is 0.306 e. The minimum atomic E-state index is -0.785. The molecule has 0 heterocycles. The lowest BCUT2D eigenvalue weighted by atomic mass is 10.0. The van der Waals surface area contributed by atoms with Crippen LogP contribution in [0.1, 0.15) is 296 Å². The normalized spacial score (nSPS) is 12.5. The number of aliphatic hydroxyl groups excluding tert-OH is 1. The number of carbonyl (C=O) groups excluding carboxylic acids is 2. The number of rotatable bonds is 52. The fraction of sp³-hybridized carbons (Fsp3) is 0.831. The zero-order chi connectivity index (χ0) is 46.3. The molecule has 64 heavy (non-hydrogen) atoms. The van der Waals surface area contributed by atoms with Crippen LogP contribution in [0.3, 0.4) is 0 Å². The van der Waals surface area contributed by atoms with Crippen LogP contribution in [0.25, 0.3) is 0 Å². The SMILES string of the molecule is CC/C=C\C/C=C\C/C=C\C/C=C\CCCCCCC(=O)OC(CO)COC(=O)CCCCCCCCCCCCCCCCCCCCCCCCCCCCCCCCCCC. The molecule has 0 aromatic rings. The second kappa shape index (κ2) is 55.2. The summed E-state index contributed by atoms with van der Waals surface area (Å²) < 4.78 is 10.7. The predicted molar refractivity (Wildman–Crippen MR) is 279 cm³/mol. The van der Waals surface area contributed by atoms with Gasteiger partial charge in [-0.3, -0.25) is 9.59 Å². The molecule has 1 N–H and O–H groups in total. The van der Waals surface area contributed by atoms with Crippen molar-refractivity contribution in [2.75, 3.05) is 13.2 Å². The van der Waals surface area contributed by atoms with Gasteiger partial charge in [0.2, 0.25) is 0 Å². The number of esters is 2. The van der Waals surface area contributed by atoms with Crippen LogP contribution >= 0.6 is 0 Å². The number of allylic oxidation sites excluding steroid dienone is 8. The van der Waals surface area contributed by atoms with Gasteiger partial charge in [0.1, 0.15) is 6.61 Å². The first-order valence-electron chi connectivity index (χ1n) is 28.2. The highest BCUT2D eigenvalue weighted by atomic mass is 16.6. The monoisotopic (exact) mass is 897 g/mol. The first kappa shape index (κ1) is 61.9. The highest BCUT2D eigenvalue weighted by molar-refractivity contribution is 5.70. The van der Waals surface area contributed by atoms with E-state index in [9.17, 15) is 14.7 Å². The van der Waals surface area contributed by atoms with Crippen molar-refractivity contribution in [3.8, 4) is 0 Å². The topological polar surface area (TPSA) is 72.8 Å². The predicted octanol–water partition coefficient (Wildman–Crippen LogP) is 18.9. The molecular weight excluding hydrogens is 789 g/mol. The van der Waals surface area contributed by atoms with Gasteiger partial charge >= 0.3 is 11.9 Å². The summed E-state index contributed by atoms with van der Waals surface area (Å²) in [5.41, 5.74) is 0. The van der Waals surface area contributed by atoms with E-state index >= 15 is 0 Å². The summed E-state index contributed by atoms with van der Waals surface area (Å²) in [6, 6.07) is 0. The van der Waals surface area contributed by atoms with Gasteiger partial charge in [-0.15, -0.1) is 0 Å². The van der Waals surface area contributed by atoms with Crippen LogP contribution in [-0.2, 0) is 19.1 Å². The van der Waals surface area contributed by atoms with Crippen LogP contribution in [0, 0.1) is 0 Å². The van der Waals surface area contributed by atoms with Gasteiger partial charge in [-0.2, -0.15) is 0 Å². The summed E-state index contributed by atoms with van der Waals surface area (Å²) in [7, 11) is 0. The molecule has 0 bridgehead atoms. The van der Waals surface area contributed by atoms with Crippen molar-refractivity contribution < 1.29 is 24.2 Å². The molecule has 0 spiro atoms. The Bertz CT molecular complexity index is 1060. The molecule has 0 fully saturated rings. The van der Waals surface area contributed by atoms with Crippen LogP contribution < -0.4 is 0 Å². The summed E-state index contributed by atoms with van der Waals surface area (Å²) >= 11 is 0. The van der Waals surface area contributed by atoms with Crippen molar-refractivity contribution in [3.05, 3.63) is 48.6 Å². The summed E-state index contributed by atoms with van der Waals surface area (Å²) in [5, 5.41) is 9.62. The van der Waals surface area contributed by atoms with E-state index in [1.54, 1.807) is 0 Å². The van der Waals surface area contributed by atoms with Gasteiger partial charge in [0.15, 0.2) is 6.10 Å². The van der Waals surface area contributed by atoms with E-state index in [-0.39, 0.29) is 25.2 Å². The molecule has 0 radical (unpaired) electrons. The zero-order valence-corrected chi connectivity index (χ0v) is 42.8. The quantitative estimate of drug-likeness (QED) is 0.0374. The number of unbranched alkanes of at least 4 members (excludes halogenated alkanes) is 36. The summed E-state index contributed by atoms with van der Waals surface area (Å²) in [6.45, 7) is 4.04. The van der Waals surface area contributed by atoms with Gasteiger partial charge in [-0.25, -0.2) is 0 Å². The fourth-order valence-corrected chi connectivity index (χ4v) is 8.43. The van der Waals surface area contributed by atoms with Crippen LogP contribution in [0.5, 0.6) is 0 Å². The molecule has 0 aliphatic rings. The molecular formula is C59H108O5. The number of carbonyl (C=O) groups is 2. The maximum absolute atomic E-state index is 12.2. The van der Waals surface area contributed by atoms with Crippen molar-refractivity contribution in [3.63, 3.8) is 0 Å². The molecule has 0 aliphatic heterocycles. The largest absolute Gasteiger partial charge is 0.462 e. The smallest absolute Gasteiger partial charge is 0.306 e. The summed E-state index contributed by atoms with van der Waals surface area (Å²) in [6.07, 6.45) is 72.5. The Kier molecular flexibility index (Phi) is 53.3. The molecule has 1 unspecified atom stereocenters. The van der Waals surface area contributed by atoms with E-state index in [0.29, 0.717) is 12.8 Å². The van der Waals surface area contributed by atoms with Gasteiger partial charge in [0.05, 0.1) is 6.61 Å². The third kappa shape index (κ3) is 52.5. The Morgan fingerprint density at radius 3 is 1.02 bits per heavy atom. The highest BCUT2D eigenvalue weighted by Gasteiger charge is 2.16. The summed E-state index contributed by atoms with van der Waals surface area (Å²) in [4.78, 5) is 24.5. The Labute approximate surface area is 398 Å². The first-order valence-corrected chi connectivity index (χ1v) is 28.2. The number of hydrogen-bond donors (Lipinski definition) is 1. The molecule has 0 aromatic carbocycles. The average molecular weight is 898 g/mol. The lowest BCUT2D eigenvalue weighted by Gasteiger charge is -2.15. The first-order chi connectivity index (χ1) is 31.6. The number of ether oxygens (including phenoxy) is 2. The molecule has 0 saturated heterocycles.